The maximum absolute atomic E-state index is 11.8. The Balaban J connectivity index is 1.82. The Bertz CT molecular complexity index is 334. The Morgan fingerprint density at radius 2 is 2.38 bits per heavy atom. The summed E-state index contributed by atoms with van der Waals surface area (Å²) in [5, 5.41) is 5.27. The van der Waals surface area contributed by atoms with Crippen molar-refractivity contribution in [2.45, 2.75) is 18.9 Å². The normalized spacial score (nSPS) is 17.4. The third-order valence-corrected chi connectivity index (χ3v) is 3.40. The lowest BCUT2D eigenvalue weighted by atomic mass is 10.1. The maximum Gasteiger partial charge on any atom is 0.323 e. The van der Waals surface area contributed by atoms with Crippen LogP contribution in [0, 0.1) is 0 Å². The summed E-state index contributed by atoms with van der Waals surface area (Å²) in [5.41, 5.74) is 0. The predicted molar refractivity (Wildman–Crippen MR) is 62.7 cm³/mol. The molecule has 1 aromatic rings. The topological polar surface area (TPSA) is 54.5 Å². The van der Waals surface area contributed by atoms with Crippen molar-refractivity contribution in [2.24, 2.45) is 0 Å². The molecular weight excluding hydrogens is 226 g/mol. The van der Waals surface area contributed by atoms with Crippen molar-refractivity contribution in [3.8, 4) is 0 Å². The molecule has 1 N–H and O–H groups in total. The lowest BCUT2D eigenvalue weighted by Crippen LogP contribution is -2.42. The molecular formula is C10H15N3O2S. The van der Waals surface area contributed by atoms with Gasteiger partial charge in [-0.2, -0.15) is 0 Å². The van der Waals surface area contributed by atoms with E-state index in [4.69, 9.17) is 4.74 Å². The average Bonchev–Trinajstić information content (AvgIpc) is 2.82. The summed E-state index contributed by atoms with van der Waals surface area (Å²) in [6, 6.07) is -0.0653. The average molecular weight is 241 g/mol. The number of ether oxygens (including phenoxy) is 1. The Morgan fingerprint density at radius 3 is 2.94 bits per heavy atom. The van der Waals surface area contributed by atoms with Crippen LogP contribution in [-0.4, -0.2) is 42.2 Å². The molecule has 16 heavy (non-hydrogen) atoms. The van der Waals surface area contributed by atoms with E-state index in [9.17, 15) is 4.79 Å². The van der Waals surface area contributed by atoms with Crippen LogP contribution in [-0.2, 0) is 4.74 Å². The number of thiazole rings is 1. The lowest BCUT2D eigenvalue weighted by molar-refractivity contribution is 0.0521. The van der Waals surface area contributed by atoms with Crippen molar-refractivity contribution < 1.29 is 9.53 Å². The summed E-state index contributed by atoms with van der Waals surface area (Å²) in [6.07, 6.45) is 3.78. The van der Waals surface area contributed by atoms with Crippen molar-refractivity contribution in [2.75, 3.05) is 25.5 Å². The molecule has 0 bridgehead atoms. The van der Waals surface area contributed by atoms with E-state index in [0.29, 0.717) is 11.2 Å². The van der Waals surface area contributed by atoms with Crippen LogP contribution in [0.1, 0.15) is 12.8 Å². The van der Waals surface area contributed by atoms with Crippen LogP contribution in [0.15, 0.2) is 11.6 Å². The van der Waals surface area contributed by atoms with E-state index in [1.54, 1.807) is 18.2 Å². The van der Waals surface area contributed by atoms with Crippen LogP contribution < -0.4 is 5.32 Å². The summed E-state index contributed by atoms with van der Waals surface area (Å²) in [4.78, 5) is 17.6. The first-order chi connectivity index (χ1) is 7.79. The second-order valence-electron chi connectivity index (χ2n) is 3.69. The molecule has 1 aliphatic rings. The zero-order valence-electron chi connectivity index (χ0n) is 9.18. The van der Waals surface area contributed by atoms with Crippen LogP contribution in [0.5, 0.6) is 0 Å². The number of likely N-dealkylation sites (tertiary alicyclic amines) is 1. The van der Waals surface area contributed by atoms with E-state index in [0.717, 1.165) is 25.9 Å². The smallest absolute Gasteiger partial charge is 0.323 e. The van der Waals surface area contributed by atoms with Gasteiger partial charge in [0, 0.05) is 31.8 Å². The highest BCUT2D eigenvalue weighted by Crippen LogP contribution is 2.15. The van der Waals surface area contributed by atoms with Gasteiger partial charge in [0.05, 0.1) is 6.10 Å². The highest BCUT2D eigenvalue weighted by Gasteiger charge is 2.22. The molecule has 0 aromatic carbocycles. The number of hydrogen-bond acceptors (Lipinski definition) is 4. The predicted octanol–water partition coefficient (Wildman–Crippen LogP) is 1.79. The van der Waals surface area contributed by atoms with Gasteiger partial charge in [-0.25, -0.2) is 9.78 Å². The number of nitrogens with one attached hydrogen (secondary N) is 1. The second-order valence-corrected chi connectivity index (χ2v) is 4.58. The van der Waals surface area contributed by atoms with Gasteiger partial charge in [-0.3, -0.25) is 5.32 Å². The van der Waals surface area contributed by atoms with E-state index in [2.05, 4.69) is 10.3 Å². The number of carbonyl (C=O) groups excluding carboxylic acids is 1. The van der Waals surface area contributed by atoms with Crippen molar-refractivity contribution in [3.63, 3.8) is 0 Å². The molecule has 0 atom stereocenters. The molecule has 1 fully saturated rings. The molecule has 1 aromatic heterocycles. The fourth-order valence-corrected chi connectivity index (χ4v) is 2.27. The van der Waals surface area contributed by atoms with Gasteiger partial charge >= 0.3 is 6.03 Å². The number of rotatable bonds is 2. The van der Waals surface area contributed by atoms with Gasteiger partial charge in [-0.15, -0.1) is 11.3 Å². The zero-order valence-corrected chi connectivity index (χ0v) is 10.00. The van der Waals surface area contributed by atoms with E-state index in [1.807, 2.05) is 5.38 Å². The molecule has 6 heteroatoms. The largest absolute Gasteiger partial charge is 0.381 e. The Morgan fingerprint density at radius 1 is 1.62 bits per heavy atom. The van der Waals surface area contributed by atoms with Gasteiger partial charge < -0.3 is 9.64 Å². The molecule has 1 aliphatic heterocycles. The number of urea groups is 1. The Labute approximate surface area is 98.4 Å². The summed E-state index contributed by atoms with van der Waals surface area (Å²) < 4.78 is 5.26. The molecule has 0 aliphatic carbocycles. The summed E-state index contributed by atoms with van der Waals surface area (Å²) in [7, 11) is 1.72. The SMILES string of the molecule is COC1CCN(C(=O)Nc2nccs2)CC1. The summed E-state index contributed by atoms with van der Waals surface area (Å²) >= 11 is 1.43. The third-order valence-electron chi connectivity index (χ3n) is 2.71. The van der Waals surface area contributed by atoms with Crippen molar-refractivity contribution in [1.82, 2.24) is 9.88 Å². The molecule has 1 saturated heterocycles. The molecule has 0 unspecified atom stereocenters. The van der Waals surface area contributed by atoms with E-state index in [-0.39, 0.29) is 6.03 Å². The molecule has 2 amide bonds. The third kappa shape index (κ3) is 2.70. The van der Waals surface area contributed by atoms with Crippen LogP contribution >= 0.6 is 11.3 Å². The molecule has 2 rings (SSSR count). The minimum atomic E-state index is -0.0653. The summed E-state index contributed by atoms with van der Waals surface area (Å²) in [6.45, 7) is 1.49. The van der Waals surface area contributed by atoms with E-state index >= 15 is 0 Å². The fraction of sp³-hybridized carbons (Fsp3) is 0.600. The minimum Gasteiger partial charge on any atom is -0.381 e. The second kappa shape index (κ2) is 5.27. The molecule has 0 radical (unpaired) electrons. The molecule has 0 saturated carbocycles. The fourth-order valence-electron chi connectivity index (χ4n) is 1.75. The molecule has 0 spiro atoms. The first-order valence-electron chi connectivity index (χ1n) is 5.28. The highest BCUT2D eigenvalue weighted by atomic mass is 32.1. The first kappa shape index (κ1) is 11.3. The van der Waals surface area contributed by atoms with Gasteiger partial charge in [0.15, 0.2) is 5.13 Å². The lowest BCUT2D eigenvalue weighted by Gasteiger charge is -2.30. The number of anilines is 1. The first-order valence-corrected chi connectivity index (χ1v) is 6.16. The number of piperidine rings is 1. The molecule has 2 heterocycles. The van der Waals surface area contributed by atoms with E-state index < -0.39 is 0 Å². The number of hydrogen-bond donors (Lipinski definition) is 1. The standard InChI is InChI=1S/C10H15N3O2S/c1-15-8-2-5-13(6-3-8)10(14)12-9-11-4-7-16-9/h4,7-8H,2-3,5-6H2,1H3,(H,11,12,14). The van der Waals surface area contributed by atoms with Gasteiger partial charge in [0.2, 0.25) is 0 Å². The number of nitrogens with zero attached hydrogens (tertiary/aromatic N) is 2. The zero-order chi connectivity index (χ0) is 11.4. The van der Waals surface area contributed by atoms with Gasteiger partial charge in [-0.1, -0.05) is 0 Å². The minimum absolute atomic E-state index is 0.0653. The quantitative estimate of drug-likeness (QED) is 0.858. The number of methoxy groups -OCH3 is 1. The van der Waals surface area contributed by atoms with Gasteiger partial charge in [-0.05, 0) is 12.8 Å². The molecule has 5 nitrogen and oxygen atoms in total. The number of aromatic nitrogens is 1. The maximum atomic E-state index is 11.8. The highest BCUT2D eigenvalue weighted by molar-refractivity contribution is 7.13. The van der Waals surface area contributed by atoms with Crippen LogP contribution in [0.2, 0.25) is 0 Å². The van der Waals surface area contributed by atoms with Crippen molar-refractivity contribution in [3.05, 3.63) is 11.6 Å². The summed E-state index contributed by atoms with van der Waals surface area (Å²) in [5.74, 6) is 0. The van der Waals surface area contributed by atoms with E-state index in [1.165, 1.54) is 11.3 Å². The van der Waals surface area contributed by atoms with Crippen molar-refractivity contribution >= 4 is 22.5 Å². The van der Waals surface area contributed by atoms with Crippen molar-refractivity contribution in [1.29, 1.82) is 0 Å². The van der Waals surface area contributed by atoms with Crippen LogP contribution in [0.4, 0.5) is 9.93 Å². The van der Waals surface area contributed by atoms with Gasteiger partial charge in [0.25, 0.3) is 0 Å². The van der Waals surface area contributed by atoms with Gasteiger partial charge in [0.1, 0.15) is 0 Å². The monoisotopic (exact) mass is 241 g/mol. The number of amides is 2. The number of carbonyl (C=O) groups is 1. The van der Waals surface area contributed by atoms with Crippen LogP contribution in [0.25, 0.3) is 0 Å². The molecule has 88 valence electrons. The Kier molecular flexibility index (Phi) is 3.74. The van der Waals surface area contributed by atoms with Crippen LogP contribution in [0.3, 0.4) is 0 Å². The Hall–Kier alpha value is -1.14.